The predicted octanol–water partition coefficient (Wildman–Crippen LogP) is 2.70. The van der Waals surface area contributed by atoms with Crippen molar-refractivity contribution in [2.45, 2.75) is 46.9 Å². The van der Waals surface area contributed by atoms with Crippen molar-refractivity contribution in [1.29, 1.82) is 0 Å². The largest absolute Gasteiger partial charge is 0.379 e. The van der Waals surface area contributed by atoms with Crippen LogP contribution in [0.3, 0.4) is 0 Å². The molecular formula is C18H31N3O2. The zero-order valence-electron chi connectivity index (χ0n) is 14.9. The van der Waals surface area contributed by atoms with Gasteiger partial charge in [-0.25, -0.2) is 4.99 Å². The minimum Gasteiger partial charge on any atom is -0.379 e. The van der Waals surface area contributed by atoms with Crippen LogP contribution in [0, 0.1) is 0 Å². The summed E-state index contributed by atoms with van der Waals surface area (Å²) in [5.74, 6) is 0.848. The summed E-state index contributed by atoms with van der Waals surface area (Å²) in [6.07, 6.45) is 0. The van der Waals surface area contributed by atoms with Crippen molar-refractivity contribution >= 4 is 5.96 Å². The molecule has 0 aliphatic carbocycles. The molecule has 0 aromatic heterocycles. The van der Waals surface area contributed by atoms with E-state index in [2.05, 4.69) is 60.7 Å². The molecule has 1 aromatic carbocycles. The lowest BCUT2D eigenvalue weighted by Crippen LogP contribution is -2.40. The van der Waals surface area contributed by atoms with Gasteiger partial charge in [0.25, 0.3) is 0 Å². The third kappa shape index (κ3) is 9.21. The smallest absolute Gasteiger partial charge is 0.191 e. The number of guanidine groups is 1. The molecule has 1 rings (SSSR count). The number of rotatable bonds is 10. The highest BCUT2D eigenvalue weighted by atomic mass is 16.5. The highest BCUT2D eigenvalue weighted by Gasteiger charge is 2.01. The summed E-state index contributed by atoms with van der Waals surface area (Å²) in [6, 6.07) is 8.72. The first-order valence-corrected chi connectivity index (χ1v) is 8.43. The Kier molecular flexibility index (Phi) is 10.1. The average molecular weight is 321 g/mol. The number of hydrogen-bond acceptors (Lipinski definition) is 3. The second-order valence-corrected chi connectivity index (χ2v) is 5.56. The molecular weight excluding hydrogens is 290 g/mol. The van der Waals surface area contributed by atoms with Crippen molar-refractivity contribution in [2.24, 2.45) is 4.99 Å². The molecule has 5 nitrogen and oxygen atoms in total. The Morgan fingerprint density at radius 2 is 1.87 bits per heavy atom. The normalized spacial score (nSPS) is 11.8. The van der Waals surface area contributed by atoms with Crippen molar-refractivity contribution < 1.29 is 9.47 Å². The SMILES string of the molecule is CCNC(=NCc1cccc(COCCOCC)c1)NC(C)C. The Labute approximate surface area is 140 Å². The van der Waals surface area contributed by atoms with Crippen LogP contribution in [0.1, 0.15) is 38.8 Å². The first kappa shape index (κ1) is 19.5. The highest BCUT2D eigenvalue weighted by Crippen LogP contribution is 2.08. The fourth-order valence-electron chi connectivity index (χ4n) is 2.03. The Morgan fingerprint density at radius 3 is 2.57 bits per heavy atom. The van der Waals surface area contributed by atoms with E-state index >= 15 is 0 Å². The lowest BCUT2D eigenvalue weighted by Gasteiger charge is -2.14. The van der Waals surface area contributed by atoms with E-state index in [4.69, 9.17) is 9.47 Å². The zero-order chi connectivity index (χ0) is 16.9. The van der Waals surface area contributed by atoms with E-state index in [1.54, 1.807) is 0 Å². The summed E-state index contributed by atoms with van der Waals surface area (Å²) >= 11 is 0. The molecule has 0 saturated heterocycles. The van der Waals surface area contributed by atoms with Gasteiger partial charge in [0.2, 0.25) is 0 Å². The molecule has 23 heavy (non-hydrogen) atoms. The average Bonchev–Trinajstić information content (AvgIpc) is 2.53. The second kappa shape index (κ2) is 11.9. The molecule has 0 atom stereocenters. The van der Waals surface area contributed by atoms with E-state index in [9.17, 15) is 0 Å². The van der Waals surface area contributed by atoms with Crippen molar-refractivity contribution in [2.75, 3.05) is 26.4 Å². The van der Waals surface area contributed by atoms with Gasteiger partial charge in [0.05, 0.1) is 26.4 Å². The van der Waals surface area contributed by atoms with Crippen LogP contribution in [-0.4, -0.2) is 38.4 Å². The van der Waals surface area contributed by atoms with Gasteiger partial charge in [0.15, 0.2) is 5.96 Å². The molecule has 1 aromatic rings. The number of nitrogens with zero attached hydrogens (tertiary/aromatic N) is 1. The first-order chi connectivity index (χ1) is 11.2. The fourth-order valence-corrected chi connectivity index (χ4v) is 2.03. The van der Waals surface area contributed by atoms with Crippen LogP contribution >= 0.6 is 0 Å². The first-order valence-electron chi connectivity index (χ1n) is 8.43. The summed E-state index contributed by atoms with van der Waals surface area (Å²) in [4.78, 5) is 4.62. The molecule has 0 saturated carbocycles. The number of nitrogens with one attached hydrogen (secondary N) is 2. The van der Waals surface area contributed by atoms with E-state index in [0.29, 0.717) is 32.4 Å². The molecule has 0 bridgehead atoms. The van der Waals surface area contributed by atoms with Crippen molar-refractivity contribution in [3.63, 3.8) is 0 Å². The van der Waals surface area contributed by atoms with E-state index in [-0.39, 0.29) is 0 Å². The van der Waals surface area contributed by atoms with Crippen LogP contribution in [0.4, 0.5) is 0 Å². The van der Waals surface area contributed by atoms with Crippen LogP contribution in [0.15, 0.2) is 29.3 Å². The van der Waals surface area contributed by atoms with Gasteiger partial charge in [-0.3, -0.25) is 0 Å². The van der Waals surface area contributed by atoms with Gasteiger partial charge in [0, 0.05) is 19.2 Å². The maximum Gasteiger partial charge on any atom is 0.191 e. The van der Waals surface area contributed by atoms with Gasteiger partial charge in [-0.2, -0.15) is 0 Å². The van der Waals surface area contributed by atoms with Crippen LogP contribution in [0.5, 0.6) is 0 Å². The standard InChI is InChI=1S/C18H31N3O2/c1-5-19-18(21-15(3)4)20-13-16-8-7-9-17(12-16)14-23-11-10-22-6-2/h7-9,12,15H,5-6,10-11,13-14H2,1-4H3,(H2,19,20,21). The van der Waals surface area contributed by atoms with Crippen LogP contribution in [0.2, 0.25) is 0 Å². The van der Waals surface area contributed by atoms with Gasteiger partial charge < -0.3 is 20.1 Å². The second-order valence-electron chi connectivity index (χ2n) is 5.56. The fraction of sp³-hybridized carbons (Fsp3) is 0.611. The molecule has 0 aliphatic rings. The van der Waals surface area contributed by atoms with E-state index in [0.717, 1.165) is 24.7 Å². The zero-order valence-corrected chi connectivity index (χ0v) is 14.9. The van der Waals surface area contributed by atoms with Crippen molar-refractivity contribution in [1.82, 2.24) is 10.6 Å². The number of aliphatic imine (C=N–C) groups is 1. The molecule has 0 heterocycles. The highest BCUT2D eigenvalue weighted by molar-refractivity contribution is 5.79. The van der Waals surface area contributed by atoms with E-state index in [1.165, 1.54) is 5.56 Å². The number of hydrogen-bond donors (Lipinski definition) is 2. The minimum atomic E-state index is 0.359. The predicted molar refractivity (Wildman–Crippen MR) is 95.7 cm³/mol. The number of benzene rings is 1. The molecule has 0 radical (unpaired) electrons. The Bertz CT molecular complexity index is 461. The molecule has 2 N–H and O–H groups in total. The molecule has 0 aliphatic heterocycles. The monoisotopic (exact) mass is 321 g/mol. The van der Waals surface area contributed by atoms with E-state index in [1.807, 2.05) is 6.92 Å². The summed E-state index contributed by atoms with van der Waals surface area (Å²) in [6.45, 7) is 12.4. The van der Waals surface area contributed by atoms with Crippen LogP contribution in [0.25, 0.3) is 0 Å². The Morgan fingerprint density at radius 1 is 1.13 bits per heavy atom. The quantitative estimate of drug-likeness (QED) is 0.395. The lowest BCUT2D eigenvalue weighted by atomic mass is 10.1. The van der Waals surface area contributed by atoms with Gasteiger partial charge in [-0.05, 0) is 38.8 Å². The molecule has 0 spiro atoms. The molecule has 5 heteroatoms. The summed E-state index contributed by atoms with van der Waals surface area (Å²) in [7, 11) is 0. The third-order valence-corrected chi connectivity index (χ3v) is 3.03. The maximum absolute atomic E-state index is 5.61. The summed E-state index contributed by atoms with van der Waals surface area (Å²) in [5.41, 5.74) is 2.34. The molecule has 0 fully saturated rings. The van der Waals surface area contributed by atoms with Crippen molar-refractivity contribution in [3.8, 4) is 0 Å². The molecule has 0 unspecified atom stereocenters. The molecule has 0 amide bonds. The van der Waals surface area contributed by atoms with Crippen LogP contribution < -0.4 is 10.6 Å². The van der Waals surface area contributed by atoms with Crippen LogP contribution in [-0.2, 0) is 22.6 Å². The number of ether oxygens (including phenoxy) is 2. The third-order valence-electron chi connectivity index (χ3n) is 3.03. The van der Waals surface area contributed by atoms with Crippen molar-refractivity contribution in [3.05, 3.63) is 35.4 Å². The minimum absolute atomic E-state index is 0.359. The Balaban J connectivity index is 2.51. The van der Waals surface area contributed by atoms with Gasteiger partial charge in [-0.1, -0.05) is 24.3 Å². The summed E-state index contributed by atoms with van der Waals surface area (Å²) in [5, 5.41) is 6.57. The summed E-state index contributed by atoms with van der Waals surface area (Å²) < 4.78 is 10.9. The van der Waals surface area contributed by atoms with Gasteiger partial charge in [0.1, 0.15) is 0 Å². The van der Waals surface area contributed by atoms with Gasteiger partial charge in [-0.15, -0.1) is 0 Å². The topological polar surface area (TPSA) is 54.9 Å². The van der Waals surface area contributed by atoms with Gasteiger partial charge >= 0.3 is 0 Å². The lowest BCUT2D eigenvalue weighted by molar-refractivity contribution is 0.0453. The maximum atomic E-state index is 5.61. The molecule has 130 valence electrons. The van der Waals surface area contributed by atoms with E-state index < -0.39 is 0 Å². The Hall–Kier alpha value is -1.59.